The fourth-order valence-electron chi connectivity index (χ4n) is 4.14. The summed E-state index contributed by atoms with van der Waals surface area (Å²) in [5.41, 5.74) is 4.44. The fourth-order valence-corrected chi connectivity index (χ4v) is 4.14. The van der Waals surface area contributed by atoms with Crippen LogP contribution >= 0.6 is 0 Å². The monoisotopic (exact) mass is 389 g/mol. The molecule has 0 saturated heterocycles. The molecule has 0 spiro atoms. The number of hydrogen-bond acceptors (Lipinski definition) is 4. The second-order valence-corrected chi connectivity index (χ2v) is 7.85. The number of carbonyl (C=O) groups excluding carboxylic acids is 1. The van der Waals surface area contributed by atoms with E-state index in [1.807, 2.05) is 19.1 Å². The maximum Gasteiger partial charge on any atom is 0.239 e. The van der Waals surface area contributed by atoms with Crippen molar-refractivity contribution in [3.8, 4) is 0 Å². The molecule has 0 bridgehead atoms. The fraction of sp³-hybridized carbons (Fsp3) is 0.333. The molecule has 5 heteroatoms. The number of fused-ring (bicyclic) bond motifs is 1. The first-order chi connectivity index (χ1) is 14.1. The van der Waals surface area contributed by atoms with Gasteiger partial charge in [-0.05, 0) is 18.1 Å². The third-order valence-corrected chi connectivity index (χ3v) is 5.77. The van der Waals surface area contributed by atoms with Gasteiger partial charge < -0.3 is 9.42 Å². The van der Waals surface area contributed by atoms with E-state index in [2.05, 4.69) is 58.6 Å². The van der Waals surface area contributed by atoms with Crippen LogP contribution in [-0.2, 0) is 17.8 Å². The minimum atomic E-state index is -0.173. The van der Waals surface area contributed by atoms with E-state index >= 15 is 0 Å². The Hall–Kier alpha value is -2.92. The summed E-state index contributed by atoms with van der Waals surface area (Å²) in [4.78, 5) is 16.4. The second kappa shape index (κ2) is 8.21. The Bertz CT molecular complexity index is 927. The van der Waals surface area contributed by atoms with E-state index in [1.165, 1.54) is 11.1 Å². The molecule has 0 fully saturated rings. The number of benzene rings is 2. The zero-order chi connectivity index (χ0) is 20.4. The molecule has 2 aromatic carbocycles. The first kappa shape index (κ1) is 19.4. The highest BCUT2D eigenvalue weighted by molar-refractivity contribution is 5.81. The van der Waals surface area contributed by atoms with Gasteiger partial charge in [-0.2, -0.15) is 0 Å². The third-order valence-electron chi connectivity index (χ3n) is 5.77. The van der Waals surface area contributed by atoms with Crippen LogP contribution in [0, 0.1) is 0 Å². The van der Waals surface area contributed by atoms with Crippen molar-refractivity contribution < 1.29 is 9.32 Å². The van der Waals surface area contributed by atoms with Gasteiger partial charge in [0, 0.05) is 39.2 Å². The summed E-state index contributed by atoms with van der Waals surface area (Å²) in [7, 11) is 3.61. The van der Waals surface area contributed by atoms with Crippen LogP contribution in [0.25, 0.3) is 0 Å². The van der Waals surface area contributed by atoms with Crippen molar-refractivity contribution in [2.75, 3.05) is 20.6 Å². The number of aromatic nitrogens is 1. The molecular weight excluding hydrogens is 362 g/mol. The quantitative estimate of drug-likeness (QED) is 0.668. The van der Waals surface area contributed by atoms with Crippen molar-refractivity contribution in [1.82, 2.24) is 15.0 Å². The predicted octanol–water partition coefficient (Wildman–Crippen LogP) is 3.69. The molecule has 4 rings (SSSR count). The number of hydrogen-bond donors (Lipinski definition) is 0. The van der Waals surface area contributed by atoms with E-state index in [9.17, 15) is 4.79 Å². The SMILES string of the molecule is C[C@@H](C(=O)N(C)C)N1CCc2onc(C(c3ccccc3)c3ccccc3)c2C1. The average Bonchev–Trinajstić information content (AvgIpc) is 3.17. The van der Waals surface area contributed by atoms with Gasteiger partial charge in [-0.25, -0.2) is 0 Å². The summed E-state index contributed by atoms with van der Waals surface area (Å²) in [6.45, 7) is 3.45. The van der Waals surface area contributed by atoms with E-state index < -0.39 is 0 Å². The molecule has 0 radical (unpaired) electrons. The van der Waals surface area contributed by atoms with E-state index in [-0.39, 0.29) is 17.9 Å². The first-order valence-electron chi connectivity index (χ1n) is 10.1. The highest BCUT2D eigenvalue weighted by Crippen LogP contribution is 2.36. The number of rotatable bonds is 5. The summed E-state index contributed by atoms with van der Waals surface area (Å²) in [6, 6.07) is 20.7. The Kier molecular flexibility index (Phi) is 5.49. The van der Waals surface area contributed by atoms with Gasteiger partial charge in [-0.1, -0.05) is 65.8 Å². The Labute approximate surface area is 171 Å². The van der Waals surface area contributed by atoms with Crippen molar-refractivity contribution in [3.05, 3.63) is 88.8 Å². The van der Waals surface area contributed by atoms with E-state index in [0.29, 0.717) is 6.54 Å². The summed E-state index contributed by atoms with van der Waals surface area (Å²) >= 11 is 0. The highest BCUT2D eigenvalue weighted by atomic mass is 16.5. The van der Waals surface area contributed by atoms with E-state index in [1.54, 1.807) is 19.0 Å². The van der Waals surface area contributed by atoms with Crippen LogP contribution in [-0.4, -0.2) is 47.5 Å². The Balaban J connectivity index is 1.72. The molecule has 1 atom stereocenters. The third kappa shape index (κ3) is 3.83. The lowest BCUT2D eigenvalue weighted by molar-refractivity contribution is -0.134. The average molecular weight is 389 g/mol. The number of carbonyl (C=O) groups is 1. The van der Waals surface area contributed by atoms with Gasteiger partial charge in [-0.3, -0.25) is 9.69 Å². The molecule has 1 amide bonds. The molecule has 3 aromatic rings. The summed E-state index contributed by atoms with van der Waals surface area (Å²) < 4.78 is 5.78. The highest BCUT2D eigenvalue weighted by Gasteiger charge is 2.33. The molecule has 0 saturated carbocycles. The maximum atomic E-state index is 12.5. The largest absolute Gasteiger partial charge is 0.361 e. The Morgan fingerprint density at radius 2 is 1.62 bits per heavy atom. The van der Waals surface area contributed by atoms with Crippen molar-refractivity contribution in [3.63, 3.8) is 0 Å². The minimum Gasteiger partial charge on any atom is -0.361 e. The number of nitrogens with zero attached hydrogens (tertiary/aromatic N) is 3. The Morgan fingerprint density at radius 3 is 2.17 bits per heavy atom. The molecule has 2 heterocycles. The van der Waals surface area contributed by atoms with Crippen molar-refractivity contribution >= 4 is 5.91 Å². The molecule has 150 valence electrons. The van der Waals surface area contributed by atoms with Crippen LogP contribution in [0.5, 0.6) is 0 Å². The molecule has 1 aliphatic rings. The van der Waals surface area contributed by atoms with Crippen LogP contribution < -0.4 is 0 Å². The molecule has 5 nitrogen and oxygen atoms in total. The normalized spacial score (nSPS) is 15.2. The van der Waals surface area contributed by atoms with Crippen LogP contribution in [0.15, 0.2) is 65.2 Å². The van der Waals surface area contributed by atoms with E-state index in [0.717, 1.165) is 30.0 Å². The van der Waals surface area contributed by atoms with Crippen molar-refractivity contribution in [1.29, 1.82) is 0 Å². The topological polar surface area (TPSA) is 49.6 Å². The van der Waals surface area contributed by atoms with Gasteiger partial charge in [-0.15, -0.1) is 0 Å². The number of amides is 1. The van der Waals surface area contributed by atoms with Crippen molar-refractivity contribution in [2.45, 2.75) is 31.8 Å². The van der Waals surface area contributed by atoms with E-state index in [4.69, 9.17) is 4.52 Å². The molecule has 1 aromatic heterocycles. The molecular formula is C24H27N3O2. The zero-order valence-corrected chi connectivity index (χ0v) is 17.2. The van der Waals surface area contributed by atoms with Gasteiger partial charge in [0.2, 0.25) is 5.91 Å². The van der Waals surface area contributed by atoms with Crippen LogP contribution in [0.4, 0.5) is 0 Å². The molecule has 0 unspecified atom stereocenters. The van der Waals surface area contributed by atoms with Gasteiger partial charge in [0.15, 0.2) is 0 Å². The Morgan fingerprint density at radius 1 is 1.03 bits per heavy atom. The zero-order valence-electron chi connectivity index (χ0n) is 17.2. The molecule has 29 heavy (non-hydrogen) atoms. The summed E-state index contributed by atoms with van der Waals surface area (Å²) in [6.07, 6.45) is 0.768. The molecule has 0 aliphatic carbocycles. The summed E-state index contributed by atoms with van der Waals surface area (Å²) in [5.74, 6) is 1.07. The minimum absolute atomic E-state index is 0.00436. The second-order valence-electron chi connectivity index (χ2n) is 7.85. The first-order valence-corrected chi connectivity index (χ1v) is 10.1. The van der Waals surface area contributed by atoms with Crippen LogP contribution in [0.3, 0.4) is 0 Å². The lowest BCUT2D eigenvalue weighted by Crippen LogP contribution is -2.46. The molecule has 0 N–H and O–H groups in total. The predicted molar refractivity (Wildman–Crippen MR) is 113 cm³/mol. The maximum absolute atomic E-state index is 12.5. The standard InChI is InChI=1S/C24H27N3O2/c1-17(24(28)26(2)3)27-15-14-21-20(16-27)23(25-29-21)22(18-10-6-4-7-11-18)19-12-8-5-9-13-19/h4-13,17,22H,14-16H2,1-3H3/t17-/m0/s1. The smallest absolute Gasteiger partial charge is 0.239 e. The van der Waals surface area contributed by atoms with Gasteiger partial charge in [0.25, 0.3) is 0 Å². The van der Waals surface area contributed by atoms with Gasteiger partial charge in [0.1, 0.15) is 11.5 Å². The van der Waals surface area contributed by atoms with Crippen LogP contribution in [0.1, 0.15) is 41.0 Å². The van der Waals surface area contributed by atoms with Gasteiger partial charge >= 0.3 is 0 Å². The lowest BCUT2D eigenvalue weighted by atomic mass is 9.85. The summed E-state index contributed by atoms with van der Waals surface area (Å²) in [5, 5.41) is 4.53. The van der Waals surface area contributed by atoms with Gasteiger partial charge in [0.05, 0.1) is 12.0 Å². The van der Waals surface area contributed by atoms with Crippen LogP contribution in [0.2, 0.25) is 0 Å². The number of likely N-dealkylation sites (N-methyl/N-ethyl adjacent to an activating group) is 1. The molecule has 1 aliphatic heterocycles. The van der Waals surface area contributed by atoms with Crippen molar-refractivity contribution in [2.24, 2.45) is 0 Å². The lowest BCUT2D eigenvalue weighted by Gasteiger charge is -2.32.